The molecule has 0 unspecified atom stereocenters. The fourth-order valence-corrected chi connectivity index (χ4v) is 3.15. The van der Waals surface area contributed by atoms with Crippen molar-refractivity contribution in [1.29, 1.82) is 0 Å². The highest BCUT2D eigenvalue weighted by atomic mass is 79.9. The third kappa shape index (κ3) is 12.0. The largest absolute Gasteiger partial charge is 0.481 e. The summed E-state index contributed by atoms with van der Waals surface area (Å²) in [6.07, 6.45) is 1.33. The van der Waals surface area contributed by atoms with Crippen molar-refractivity contribution in [3.63, 3.8) is 0 Å². The van der Waals surface area contributed by atoms with Crippen molar-refractivity contribution in [3.05, 3.63) is 68.6 Å². The molecular weight excluding hydrogens is 536 g/mol. The van der Waals surface area contributed by atoms with Crippen LogP contribution in [0.25, 0.3) is 0 Å². The number of hydrogen-bond acceptors (Lipinski definition) is 6. The molecule has 7 nitrogen and oxygen atoms in total. The van der Waals surface area contributed by atoms with Gasteiger partial charge in [0.2, 0.25) is 0 Å². The van der Waals surface area contributed by atoms with Crippen molar-refractivity contribution >= 4 is 56.1 Å². The number of cyclic esters (lactones) is 2. The van der Waals surface area contributed by atoms with Crippen molar-refractivity contribution in [2.24, 2.45) is 0 Å². The SMILES string of the molecule is CC1(C)OC(=O)CC(=O)O1.O=C(O)CCc1cccc(Br)c1.O=Cc1cccc(Br)c1. The molecule has 9 heteroatoms. The molecule has 1 aliphatic heterocycles. The summed E-state index contributed by atoms with van der Waals surface area (Å²) in [7, 11) is 0. The van der Waals surface area contributed by atoms with Gasteiger partial charge in [-0.25, -0.2) is 0 Å². The number of ether oxygens (including phenoxy) is 2. The van der Waals surface area contributed by atoms with Gasteiger partial charge in [-0.2, -0.15) is 0 Å². The summed E-state index contributed by atoms with van der Waals surface area (Å²) in [4.78, 5) is 41.5. The monoisotopic (exact) mass is 556 g/mol. The molecule has 31 heavy (non-hydrogen) atoms. The Bertz CT molecular complexity index is 908. The first-order chi connectivity index (χ1) is 14.5. The van der Waals surface area contributed by atoms with Gasteiger partial charge in [-0.15, -0.1) is 0 Å². The van der Waals surface area contributed by atoms with E-state index in [9.17, 15) is 19.2 Å². The zero-order chi connectivity index (χ0) is 23.4. The fourth-order valence-electron chi connectivity index (χ4n) is 2.28. The summed E-state index contributed by atoms with van der Waals surface area (Å²) >= 11 is 6.57. The summed E-state index contributed by atoms with van der Waals surface area (Å²) in [5.74, 6) is -2.88. The molecule has 2 aromatic carbocycles. The van der Waals surface area contributed by atoms with Crippen LogP contribution in [0.3, 0.4) is 0 Å². The Labute approximate surface area is 197 Å². The number of hydrogen-bond donors (Lipinski definition) is 1. The Kier molecular flexibility index (Phi) is 11.1. The second-order valence-electron chi connectivity index (χ2n) is 6.72. The van der Waals surface area contributed by atoms with Crippen molar-refractivity contribution in [1.82, 2.24) is 0 Å². The molecule has 1 saturated heterocycles. The Balaban J connectivity index is 0.000000235. The van der Waals surface area contributed by atoms with Crippen LogP contribution in [0.15, 0.2) is 57.5 Å². The molecule has 0 aromatic heterocycles. The van der Waals surface area contributed by atoms with E-state index in [0.29, 0.717) is 12.0 Å². The molecule has 3 rings (SSSR count). The van der Waals surface area contributed by atoms with Gasteiger partial charge < -0.3 is 14.6 Å². The lowest BCUT2D eigenvalue weighted by Gasteiger charge is -2.28. The number of aldehydes is 1. The molecule has 166 valence electrons. The molecule has 0 amide bonds. The van der Waals surface area contributed by atoms with Crippen LogP contribution < -0.4 is 0 Å². The first-order valence-electron chi connectivity index (χ1n) is 9.11. The molecule has 0 atom stereocenters. The zero-order valence-electron chi connectivity index (χ0n) is 17.0. The number of aryl methyl sites for hydroxylation is 1. The smallest absolute Gasteiger partial charge is 0.320 e. The lowest BCUT2D eigenvalue weighted by Crippen LogP contribution is -2.39. The van der Waals surface area contributed by atoms with Crippen LogP contribution in [0.5, 0.6) is 0 Å². The number of rotatable bonds is 4. The first kappa shape index (κ1) is 26.5. The highest BCUT2D eigenvalue weighted by molar-refractivity contribution is 9.10. The van der Waals surface area contributed by atoms with Gasteiger partial charge in [-0.1, -0.05) is 56.1 Å². The second kappa shape index (κ2) is 13.0. The summed E-state index contributed by atoms with van der Waals surface area (Å²) in [6.45, 7) is 3.03. The van der Waals surface area contributed by atoms with Crippen LogP contribution in [0, 0.1) is 0 Å². The minimum atomic E-state index is -1.08. The van der Waals surface area contributed by atoms with Gasteiger partial charge in [0, 0.05) is 34.8 Å². The third-order valence-corrected chi connectivity index (χ3v) is 4.50. The van der Waals surface area contributed by atoms with Crippen LogP contribution in [0.2, 0.25) is 0 Å². The van der Waals surface area contributed by atoms with Crippen LogP contribution in [0.1, 0.15) is 42.6 Å². The molecule has 0 bridgehead atoms. The molecule has 0 aliphatic carbocycles. The number of esters is 2. The predicted octanol–water partition coefficient (Wildman–Crippen LogP) is 4.94. The van der Waals surface area contributed by atoms with E-state index in [2.05, 4.69) is 41.3 Å². The van der Waals surface area contributed by atoms with E-state index in [0.717, 1.165) is 20.8 Å². The molecule has 1 aliphatic rings. The van der Waals surface area contributed by atoms with Gasteiger partial charge in [-0.05, 0) is 36.2 Å². The van der Waals surface area contributed by atoms with E-state index < -0.39 is 23.7 Å². The molecule has 0 spiro atoms. The number of benzene rings is 2. The standard InChI is InChI=1S/C9H9BrO2.C7H5BrO.C6H8O4/c10-8-3-1-2-7(6-8)4-5-9(11)12;8-7-3-1-2-6(4-7)5-9;1-6(2)9-4(7)3-5(8)10-6/h1-3,6H,4-5H2,(H,11,12);1-5H;3H2,1-2H3. The molecule has 1 heterocycles. The maximum Gasteiger partial charge on any atom is 0.320 e. The lowest BCUT2D eigenvalue weighted by atomic mass is 10.1. The second-order valence-corrected chi connectivity index (χ2v) is 8.55. The number of aliphatic carboxylic acids is 1. The average Bonchev–Trinajstić information content (AvgIpc) is 2.65. The minimum Gasteiger partial charge on any atom is -0.481 e. The third-order valence-electron chi connectivity index (χ3n) is 3.51. The number of carboxylic acid groups (broad SMARTS) is 1. The van der Waals surface area contributed by atoms with E-state index in [1.807, 2.05) is 36.4 Å². The lowest BCUT2D eigenvalue weighted by molar-refractivity contribution is -0.231. The molecule has 1 fully saturated rings. The molecule has 0 saturated carbocycles. The fraction of sp³-hybridized carbons (Fsp3) is 0.273. The minimum absolute atomic E-state index is 0.191. The van der Waals surface area contributed by atoms with Gasteiger partial charge >= 0.3 is 17.9 Å². The van der Waals surface area contributed by atoms with Gasteiger partial charge in [0.25, 0.3) is 5.79 Å². The Morgan fingerprint density at radius 2 is 1.58 bits per heavy atom. The van der Waals surface area contributed by atoms with Crippen molar-refractivity contribution < 1.29 is 33.8 Å². The summed E-state index contributed by atoms with van der Waals surface area (Å²) in [6, 6.07) is 14.9. The highest BCUT2D eigenvalue weighted by Crippen LogP contribution is 2.18. The Morgan fingerprint density at radius 1 is 1.03 bits per heavy atom. The summed E-state index contributed by atoms with van der Waals surface area (Å²) < 4.78 is 11.3. The summed E-state index contributed by atoms with van der Waals surface area (Å²) in [5.41, 5.74) is 1.75. The highest BCUT2D eigenvalue weighted by Gasteiger charge is 2.34. The molecular formula is C22H22Br2O7. The normalized spacial score (nSPS) is 13.9. The van der Waals surface area contributed by atoms with E-state index in [-0.39, 0.29) is 12.8 Å². The van der Waals surface area contributed by atoms with Crippen molar-refractivity contribution in [3.8, 4) is 0 Å². The number of carbonyl (C=O) groups is 4. The topological polar surface area (TPSA) is 107 Å². The van der Waals surface area contributed by atoms with Crippen LogP contribution in [-0.2, 0) is 30.3 Å². The van der Waals surface area contributed by atoms with Crippen molar-refractivity contribution in [2.45, 2.75) is 38.9 Å². The Morgan fingerprint density at radius 3 is 2.00 bits per heavy atom. The van der Waals surface area contributed by atoms with Crippen LogP contribution >= 0.6 is 31.9 Å². The molecule has 1 N–H and O–H groups in total. The van der Waals surface area contributed by atoms with Gasteiger partial charge in [0.05, 0.1) is 0 Å². The Hall–Kier alpha value is -2.52. The number of carboxylic acids is 1. The molecule has 0 radical (unpaired) electrons. The zero-order valence-corrected chi connectivity index (χ0v) is 20.1. The van der Waals surface area contributed by atoms with Crippen LogP contribution in [-0.4, -0.2) is 35.1 Å². The quantitative estimate of drug-likeness (QED) is 0.322. The van der Waals surface area contributed by atoms with Gasteiger partial charge in [-0.3, -0.25) is 19.2 Å². The maximum absolute atomic E-state index is 10.6. The van der Waals surface area contributed by atoms with E-state index >= 15 is 0 Å². The summed E-state index contributed by atoms with van der Waals surface area (Å²) in [5, 5.41) is 8.43. The van der Waals surface area contributed by atoms with Gasteiger partial charge in [0.15, 0.2) is 0 Å². The predicted molar refractivity (Wildman–Crippen MR) is 121 cm³/mol. The maximum atomic E-state index is 10.6. The average molecular weight is 558 g/mol. The van der Waals surface area contributed by atoms with E-state index in [1.165, 1.54) is 13.8 Å². The van der Waals surface area contributed by atoms with Crippen LogP contribution in [0.4, 0.5) is 0 Å². The van der Waals surface area contributed by atoms with E-state index in [4.69, 9.17) is 5.11 Å². The first-order valence-corrected chi connectivity index (χ1v) is 10.7. The molecule has 2 aromatic rings. The number of halogens is 2. The van der Waals surface area contributed by atoms with Crippen molar-refractivity contribution in [2.75, 3.05) is 0 Å². The van der Waals surface area contributed by atoms with Gasteiger partial charge in [0.1, 0.15) is 12.7 Å². The number of carbonyl (C=O) groups excluding carboxylic acids is 3. The van der Waals surface area contributed by atoms with E-state index in [1.54, 1.807) is 12.1 Å².